The molecule has 2 heterocycles. The number of carbonyl (C=O) groups excluding carboxylic acids is 1. The fourth-order valence-corrected chi connectivity index (χ4v) is 4.49. The molecule has 6 heteroatoms. The van der Waals surface area contributed by atoms with Crippen molar-refractivity contribution in [3.05, 3.63) is 95.8 Å². The van der Waals surface area contributed by atoms with Crippen LogP contribution in [0.15, 0.2) is 79.0 Å². The Hall–Kier alpha value is -3.09. The summed E-state index contributed by atoms with van der Waals surface area (Å²) in [5, 5.41) is 3.06. The van der Waals surface area contributed by atoms with Crippen molar-refractivity contribution in [2.24, 2.45) is 0 Å². The number of fused-ring (bicyclic) bond motifs is 2. The van der Waals surface area contributed by atoms with Crippen molar-refractivity contribution in [2.45, 2.75) is 44.1 Å². The molecular weight excluding hydrogens is 378 g/mol. The quantitative estimate of drug-likeness (QED) is 0.626. The fourth-order valence-electron chi connectivity index (χ4n) is 4.49. The number of H-pyrrole nitrogens is 1. The molecule has 3 atom stereocenters. The van der Waals surface area contributed by atoms with Crippen LogP contribution < -0.4 is 0 Å². The molecule has 1 saturated carbocycles. The molecule has 1 aliphatic heterocycles. The second-order valence-electron chi connectivity index (χ2n) is 7.88. The van der Waals surface area contributed by atoms with Gasteiger partial charge in [-0.1, -0.05) is 60.7 Å². The number of nitrogens with zero attached hydrogens (tertiary/aromatic N) is 2. The maximum atomic E-state index is 13.3. The van der Waals surface area contributed by atoms with Gasteiger partial charge in [0.25, 0.3) is 0 Å². The fraction of sp³-hybridized carbons (Fsp3) is 0.292. The number of rotatable bonds is 7. The van der Waals surface area contributed by atoms with Gasteiger partial charge < -0.3 is 4.98 Å². The van der Waals surface area contributed by atoms with Crippen LogP contribution in [0.1, 0.15) is 35.6 Å². The van der Waals surface area contributed by atoms with Crippen molar-refractivity contribution < 1.29 is 14.5 Å². The van der Waals surface area contributed by atoms with Gasteiger partial charge in [-0.05, 0) is 36.1 Å². The number of hydroxylamine groups is 4. The highest BCUT2D eigenvalue weighted by molar-refractivity contribution is 5.74. The molecule has 0 radical (unpaired) electrons. The maximum Gasteiger partial charge on any atom is 0.368 e. The van der Waals surface area contributed by atoms with Crippen LogP contribution in [0.2, 0.25) is 0 Å². The first kappa shape index (κ1) is 18.9. The van der Waals surface area contributed by atoms with Gasteiger partial charge in [0.05, 0.1) is 12.1 Å². The molecule has 1 aliphatic carbocycles. The standard InChI is InChI=1S/C24H25N3O3/c28-24-26(29-16-18-8-3-1-4-9-18)20-14-21(22-12-7-13-25-22)23(15-20)27(24)30-17-19-10-5-2-6-11-19/h1-13,20-21,23,25H,14-17H2. The lowest BCUT2D eigenvalue weighted by Crippen LogP contribution is -2.54. The predicted molar refractivity (Wildman–Crippen MR) is 112 cm³/mol. The molecule has 5 rings (SSSR count). The molecule has 1 N–H and O–H groups in total. The molecule has 154 valence electrons. The topological polar surface area (TPSA) is 57.8 Å². The van der Waals surface area contributed by atoms with Gasteiger partial charge >= 0.3 is 6.03 Å². The molecule has 0 spiro atoms. The number of aromatic amines is 1. The SMILES string of the molecule is O=C1N(OCc2ccccc2)C2CC(c3ccc[nH]3)C(C2)N1OCc1ccccc1. The predicted octanol–water partition coefficient (Wildman–Crippen LogP) is 4.63. The second kappa shape index (κ2) is 8.34. The van der Waals surface area contributed by atoms with Crippen LogP contribution in [0, 0.1) is 0 Å². The van der Waals surface area contributed by atoms with Gasteiger partial charge in [0.1, 0.15) is 13.2 Å². The molecule has 3 aromatic rings. The molecule has 2 amide bonds. The third-order valence-electron chi connectivity index (χ3n) is 5.96. The maximum absolute atomic E-state index is 13.3. The minimum Gasteiger partial charge on any atom is -0.365 e. The Morgan fingerprint density at radius 3 is 2.03 bits per heavy atom. The summed E-state index contributed by atoms with van der Waals surface area (Å²) in [6.07, 6.45) is 3.59. The lowest BCUT2D eigenvalue weighted by Gasteiger charge is -2.39. The van der Waals surface area contributed by atoms with E-state index >= 15 is 0 Å². The lowest BCUT2D eigenvalue weighted by atomic mass is 10.00. The van der Waals surface area contributed by atoms with E-state index in [1.54, 1.807) is 0 Å². The third kappa shape index (κ3) is 3.72. The van der Waals surface area contributed by atoms with Crippen LogP contribution in [-0.2, 0) is 22.9 Å². The highest BCUT2D eigenvalue weighted by atomic mass is 16.7. The number of amides is 2. The first-order valence-corrected chi connectivity index (χ1v) is 10.4. The first-order valence-electron chi connectivity index (χ1n) is 10.4. The Balaban J connectivity index is 1.36. The molecular formula is C24H25N3O3. The zero-order valence-corrected chi connectivity index (χ0v) is 16.7. The van der Waals surface area contributed by atoms with Gasteiger partial charge in [0, 0.05) is 17.8 Å². The Morgan fingerprint density at radius 2 is 1.43 bits per heavy atom. The van der Waals surface area contributed by atoms with Crippen LogP contribution in [-0.4, -0.2) is 33.2 Å². The molecule has 30 heavy (non-hydrogen) atoms. The number of nitrogens with one attached hydrogen (secondary N) is 1. The van der Waals surface area contributed by atoms with E-state index in [1.807, 2.05) is 72.9 Å². The zero-order valence-electron chi connectivity index (χ0n) is 16.7. The van der Waals surface area contributed by atoms with Crippen LogP contribution in [0.4, 0.5) is 4.79 Å². The van der Waals surface area contributed by atoms with Gasteiger partial charge in [-0.2, -0.15) is 10.1 Å². The van der Waals surface area contributed by atoms with Crippen LogP contribution in [0.5, 0.6) is 0 Å². The molecule has 2 aromatic carbocycles. The average molecular weight is 403 g/mol. The van der Waals surface area contributed by atoms with Crippen molar-refractivity contribution in [3.63, 3.8) is 0 Å². The van der Waals surface area contributed by atoms with Crippen molar-refractivity contribution in [1.82, 2.24) is 15.1 Å². The van der Waals surface area contributed by atoms with E-state index < -0.39 is 0 Å². The summed E-state index contributed by atoms with van der Waals surface area (Å²) < 4.78 is 0. The summed E-state index contributed by atoms with van der Waals surface area (Å²) in [6, 6.07) is 23.7. The zero-order chi connectivity index (χ0) is 20.3. The van der Waals surface area contributed by atoms with Gasteiger partial charge in [-0.3, -0.25) is 9.68 Å². The summed E-state index contributed by atoms with van der Waals surface area (Å²) in [5.74, 6) is 0.190. The van der Waals surface area contributed by atoms with E-state index in [2.05, 4.69) is 11.1 Å². The van der Waals surface area contributed by atoms with E-state index in [9.17, 15) is 4.79 Å². The van der Waals surface area contributed by atoms with Gasteiger partial charge in [-0.25, -0.2) is 4.79 Å². The third-order valence-corrected chi connectivity index (χ3v) is 5.96. The highest BCUT2D eigenvalue weighted by Crippen LogP contribution is 2.44. The second-order valence-corrected chi connectivity index (χ2v) is 7.88. The summed E-state index contributed by atoms with van der Waals surface area (Å²) in [6.45, 7) is 0.700. The van der Waals surface area contributed by atoms with Crippen molar-refractivity contribution in [2.75, 3.05) is 0 Å². The smallest absolute Gasteiger partial charge is 0.365 e. The summed E-state index contributed by atoms with van der Waals surface area (Å²) in [5.41, 5.74) is 3.19. The van der Waals surface area contributed by atoms with E-state index in [0.29, 0.717) is 13.2 Å². The van der Waals surface area contributed by atoms with E-state index in [1.165, 1.54) is 10.1 Å². The minimum atomic E-state index is -0.225. The Morgan fingerprint density at radius 1 is 0.800 bits per heavy atom. The number of carbonyl (C=O) groups is 1. The Bertz CT molecular complexity index is 962. The number of hydrogen-bond acceptors (Lipinski definition) is 3. The summed E-state index contributed by atoms with van der Waals surface area (Å²) in [4.78, 5) is 28.7. The van der Waals surface area contributed by atoms with E-state index in [4.69, 9.17) is 9.68 Å². The Kier molecular flexibility index (Phi) is 5.26. The highest BCUT2D eigenvalue weighted by Gasteiger charge is 2.51. The monoisotopic (exact) mass is 403 g/mol. The number of aromatic nitrogens is 1. The molecule has 2 aliphatic rings. The van der Waals surface area contributed by atoms with E-state index in [-0.39, 0.29) is 24.0 Å². The lowest BCUT2D eigenvalue weighted by molar-refractivity contribution is -0.230. The first-order chi connectivity index (χ1) is 14.8. The van der Waals surface area contributed by atoms with Crippen molar-refractivity contribution >= 4 is 6.03 Å². The molecule has 1 aromatic heterocycles. The van der Waals surface area contributed by atoms with E-state index in [0.717, 1.165) is 29.7 Å². The average Bonchev–Trinajstić information content (AvgIpc) is 3.44. The van der Waals surface area contributed by atoms with Crippen molar-refractivity contribution in [3.8, 4) is 0 Å². The summed E-state index contributed by atoms with van der Waals surface area (Å²) >= 11 is 0. The normalized spacial score (nSPS) is 23.2. The van der Waals surface area contributed by atoms with Crippen LogP contribution >= 0.6 is 0 Å². The van der Waals surface area contributed by atoms with Crippen LogP contribution in [0.25, 0.3) is 0 Å². The van der Waals surface area contributed by atoms with Crippen molar-refractivity contribution in [1.29, 1.82) is 0 Å². The molecule has 6 nitrogen and oxygen atoms in total. The molecule has 2 fully saturated rings. The molecule has 2 bridgehead atoms. The minimum absolute atomic E-state index is 0.0126. The number of hydrogen-bond donors (Lipinski definition) is 1. The Labute approximate surface area is 175 Å². The largest absolute Gasteiger partial charge is 0.368 e. The molecule has 3 unspecified atom stereocenters. The van der Waals surface area contributed by atoms with Gasteiger partial charge in [-0.15, -0.1) is 0 Å². The van der Waals surface area contributed by atoms with Crippen LogP contribution in [0.3, 0.4) is 0 Å². The number of urea groups is 1. The van der Waals surface area contributed by atoms with Gasteiger partial charge in [0.2, 0.25) is 0 Å². The summed E-state index contributed by atoms with van der Waals surface area (Å²) in [7, 11) is 0. The van der Waals surface area contributed by atoms with Gasteiger partial charge in [0.15, 0.2) is 0 Å². The number of benzene rings is 2. The molecule has 1 saturated heterocycles.